The minimum atomic E-state index is 0.178. The summed E-state index contributed by atoms with van der Waals surface area (Å²) >= 11 is 0. The quantitative estimate of drug-likeness (QED) is 0.699. The SMILES string of the molecule is CC(C)(C)CNC(=O)C1CCCNC1. The highest BCUT2D eigenvalue weighted by Crippen LogP contribution is 2.13. The Morgan fingerprint density at radius 2 is 2.21 bits per heavy atom. The molecule has 1 heterocycles. The molecular formula is C11H22N2O. The van der Waals surface area contributed by atoms with Crippen molar-refractivity contribution < 1.29 is 4.79 Å². The van der Waals surface area contributed by atoms with Crippen molar-refractivity contribution in [1.82, 2.24) is 10.6 Å². The van der Waals surface area contributed by atoms with E-state index in [9.17, 15) is 4.79 Å². The molecule has 1 fully saturated rings. The van der Waals surface area contributed by atoms with E-state index in [-0.39, 0.29) is 17.2 Å². The number of hydrogen-bond donors (Lipinski definition) is 2. The molecule has 0 saturated carbocycles. The van der Waals surface area contributed by atoms with Crippen molar-refractivity contribution >= 4 is 5.91 Å². The number of amides is 1. The minimum absolute atomic E-state index is 0.178. The van der Waals surface area contributed by atoms with E-state index in [1.165, 1.54) is 0 Å². The first kappa shape index (κ1) is 11.5. The molecule has 0 spiro atoms. The van der Waals surface area contributed by atoms with Gasteiger partial charge in [0.1, 0.15) is 0 Å². The van der Waals surface area contributed by atoms with Crippen molar-refractivity contribution in [1.29, 1.82) is 0 Å². The van der Waals surface area contributed by atoms with Gasteiger partial charge in [0.25, 0.3) is 0 Å². The van der Waals surface area contributed by atoms with E-state index in [1.54, 1.807) is 0 Å². The van der Waals surface area contributed by atoms with E-state index < -0.39 is 0 Å². The molecule has 1 saturated heterocycles. The lowest BCUT2D eigenvalue weighted by Crippen LogP contribution is -2.42. The van der Waals surface area contributed by atoms with Crippen molar-refractivity contribution in [3.05, 3.63) is 0 Å². The number of hydrogen-bond acceptors (Lipinski definition) is 2. The fourth-order valence-electron chi connectivity index (χ4n) is 1.57. The molecule has 1 amide bonds. The lowest BCUT2D eigenvalue weighted by molar-refractivity contribution is -0.125. The van der Waals surface area contributed by atoms with Gasteiger partial charge in [0.05, 0.1) is 5.92 Å². The van der Waals surface area contributed by atoms with E-state index in [1.807, 2.05) is 0 Å². The van der Waals surface area contributed by atoms with Crippen LogP contribution in [-0.4, -0.2) is 25.5 Å². The molecular weight excluding hydrogens is 176 g/mol. The topological polar surface area (TPSA) is 41.1 Å². The zero-order chi connectivity index (χ0) is 10.6. The molecule has 2 N–H and O–H groups in total. The summed E-state index contributed by atoms with van der Waals surface area (Å²) in [4.78, 5) is 11.7. The lowest BCUT2D eigenvalue weighted by atomic mass is 9.95. The van der Waals surface area contributed by atoms with Gasteiger partial charge in [-0.25, -0.2) is 0 Å². The summed E-state index contributed by atoms with van der Waals surface area (Å²) in [6, 6.07) is 0. The summed E-state index contributed by atoms with van der Waals surface area (Å²) in [7, 11) is 0. The van der Waals surface area contributed by atoms with Crippen LogP contribution in [0.2, 0.25) is 0 Å². The van der Waals surface area contributed by atoms with Crippen LogP contribution in [0.25, 0.3) is 0 Å². The number of nitrogens with one attached hydrogen (secondary N) is 2. The first-order chi connectivity index (χ1) is 6.49. The Hall–Kier alpha value is -0.570. The Bertz CT molecular complexity index is 190. The molecule has 0 aromatic carbocycles. The van der Waals surface area contributed by atoms with Gasteiger partial charge in [0.2, 0.25) is 5.91 Å². The highest BCUT2D eigenvalue weighted by atomic mass is 16.1. The summed E-state index contributed by atoms with van der Waals surface area (Å²) < 4.78 is 0. The van der Waals surface area contributed by atoms with Crippen LogP contribution in [0.1, 0.15) is 33.6 Å². The second-order valence-corrected chi connectivity index (χ2v) is 5.32. The van der Waals surface area contributed by atoms with E-state index in [0.717, 1.165) is 32.5 Å². The summed E-state index contributed by atoms with van der Waals surface area (Å²) in [6.45, 7) is 9.06. The van der Waals surface area contributed by atoms with Crippen molar-refractivity contribution in [3.63, 3.8) is 0 Å². The van der Waals surface area contributed by atoms with Gasteiger partial charge in [-0.2, -0.15) is 0 Å². The van der Waals surface area contributed by atoms with Crippen LogP contribution in [0.3, 0.4) is 0 Å². The van der Waals surface area contributed by atoms with E-state index >= 15 is 0 Å². The molecule has 0 bridgehead atoms. The zero-order valence-corrected chi connectivity index (χ0v) is 9.52. The Labute approximate surface area is 86.6 Å². The summed E-state index contributed by atoms with van der Waals surface area (Å²) in [5.41, 5.74) is 0.178. The van der Waals surface area contributed by atoms with Crippen LogP contribution in [0.4, 0.5) is 0 Å². The monoisotopic (exact) mass is 198 g/mol. The van der Waals surface area contributed by atoms with Crippen molar-refractivity contribution in [3.8, 4) is 0 Å². The number of carbonyl (C=O) groups excluding carboxylic acids is 1. The smallest absolute Gasteiger partial charge is 0.224 e. The zero-order valence-electron chi connectivity index (χ0n) is 9.52. The maximum Gasteiger partial charge on any atom is 0.224 e. The molecule has 3 heteroatoms. The van der Waals surface area contributed by atoms with Gasteiger partial charge in [-0.05, 0) is 24.8 Å². The van der Waals surface area contributed by atoms with Crippen LogP contribution < -0.4 is 10.6 Å². The molecule has 1 atom stereocenters. The predicted octanol–water partition coefficient (Wildman–Crippen LogP) is 1.15. The third-order valence-corrected chi connectivity index (χ3v) is 2.46. The minimum Gasteiger partial charge on any atom is -0.355 e. The normalized spacial score (nSPS) is 23.2. The van der Waals surface area contributed by atoms with Gasteiger partial charge in [0, 0.05) is 13.1 Å². The molecule has 1 unspecified atom stereocenters. The van der Waals surface area contributed by atoms with Crippen molar-refractivity contribution in [2.45, 2.75) is 33.6 Å². The Morgan fingerprint density at radius 1 is 1.50 bits per heavy atom. The standard InChI is InChI=1S/C11H22N2O/c1-11(2,3)8-13-10(14)9-5-4-6-12-7-9/h9,12H,4-8H2,1-3H3,(H,13,14). The van der Waals surface area contributed by atoms with Crippen LogP contribution in [0.5, 0.6) is 0 Å². The van der Waals surface area contributed by atoms with Crippen molar-refractivity contribution in [2.75, 3.05) is 19.6 Å². The number of carbonyl (C=O) groups is 1. The molecule has 0 aliphatic carbocycles. The van der Waals surface area contributed by atoms with Gasteiger partial charge in [-0.1, -0.05) is 20.8 Å². The van der Waals surface area contributed by atoms with E-state index in [2.05, 4.69) is 31.4 Å². The van der Waals surface area contributed by atoms with Gasteiger partial charge >= 0.3 is 0 Å². The lowest BCUT2D eigenvalue weighted by Gasteiger charge is -2.24. The van der Waals surface area contributed by atoms with Gasteiger partial charge in [0.15, 0.2) is 0 Å². The Kier molecular flexibility index (Phi) is 3.93. The number of piperidine rings is 1. The maximum absolute atomic E-state index is 11.7. The largest absolute Gasteiger partial charge is 0.355 e. The average molecular weight is 198 g/mol. The van der Waals surface area contributed by atoms with E-state index in [0.29, 0.717) is 0 Å². The van der Waals surface area contributed by atoms with Crippen LogP contribution in [0.15, 0.2) is 0 Å². The van der Waals surface area contributed by atoms with Crippen molar-refractivity contribution in [2.24, 2.45) is 11.3 Å². The predicted molar refractivity (Wildman–Crippen MR) is 58.1 cm³/mol. The van der Waals surface area contributed by atoms with Crippen LogP contribution in [0, 0.1) is 11.3 Å². The molecule has 14 heavy (non-hydrogen) atoms. The Balaban J connectivity index is 2.27. The molecule has 0 aromatic heterocycles. The molecule has 1 aliphatic rings. The van der Waals surface area contributed by atoms with Crippen LogP contribution in [-0.2, 0) is 4.79 Å². The molecule has 82 valence electrons. The van der Waals surface area contributed by atoms with Gasteiger partial charge in [-0.3, -0.25) is 4.79 Å². The fourth-order valence-corrected chi connectivity index (χ4v) is 1.57. The highest BCUT2D eigenvalue weighted by molar-refractivity contribution is 5.78. The fraction of sp³-hybridized carbons (Fsp3) is 0.909. The van der Waals surface area contributed by atoms with E-state index in [4.69, 9.17) is 0 Å². The molecule has 1 rings (SSSR count). The molecule has 0 radical (unpaired) electrons. The summed E-state index contributed by atoms with van der Waals surface area (Å²) in [5.74, 6) is 0.401. The van der Waals surface area contributed by atoms with Gasteiger partial charge in [-0.15, -0.1) is 0 Å². The first-order valence-corrected chi connectivity index (χ1v) is 5.47. The second kappa shape index (κ2) is 4.78. The molecule has 3 nitrogen and oxygen atoms in total. The Morgan fingerprint density at radius 3 is 2.71 bits per heavy atom. The molecule has 1 aliphatic heterocycles. The number of rotatable bonds is 2. The molecule has 0 aromatic rings. The van der Waals surface area contributed by atoms with Crippen LogP contribution >= 0.6 is 0 Å². The first-order valence-electron chi connectivity index (χ1n) is 5.47. The average Bonchev–Trinajstić information content (AvgIpc) is 2.14. The summed E-state index contributed by atoms with van der Waals surface area (Å²) in [5, 5.41) is 6.27. The van der Waals surface area contributed by atoms with Gasteiger partial charge < -0.3 is 10.6 Å². The second-order valence-electron chi connectivity index (χ2n) is 5.32. The third-order valence-electron chi connectivity index (χ3n) is 2.46. The summed E-state index contributed by atoms with van der Waals surface area (Å²) in [6.07, 6.45) is 2.15. The maximum atomic E-state index is 11.7. The third kappa shape index (κ3) is 4.09. The highest BCUT2D eigenvalue weighted by Gasteiger charge is 2.21.